The lowest BCUT2D eigenvalue weighted by Gasteiger charge is -2.29. The SMILES string of the molecule is COc1cc2c(cc1OC)CN(C(=O)CSc1nc3cc(Cl)ccc3s1)CC2. The molecule has 1 aromatic heterocycles. The second-order valence-corrected chi connectivity index (χ2v) is 9.11. The highest BCUT2D eigenvalue weighted by atomic mass is 35.5. The van der Waals surface area contributed by atoms with Crippen molar-refractivity contribution in [3.05, 3.63) is 46.5 Å². The van der Waals surface area contributed by atoms with Crippen molar-refractivity contribution in [2.24, 2.45) is 0 Å². The molecule has 0 bridgehead atoms. The molecule has 8 heteroatoms. The first-order chi connectivity index (χ1) is 13.6. The van der Waals surface area contributed by atoms with E-state index in [4.69, 9.17) is 21.1 Å². The lowest BCUT2D eigenvalue weighted by molar-refractivity contribution is -0.129. The zero-order valence-electron chi connectivity index (χ0n) is 15.5. The summed E-state index contributed by atoms with van der Waals surface area (Å²) < 4.78 is 12.7. The molecular weight excluding hydrogens is 416 g/mol. The third kappa shape index (κ3) is 3.92. The highest BCUT2D eigenvalue weighted by Crippen LogP contribution is 2.34. The number of hydrogen-bond donors (Lipinski definition) is 0. The van der Waals surface area contributed by atoms with Crippen LogP contribution in [0.2, 0.25) is 5.02 Å². The van der Waals surface area contributed by atoms with Gasteiger partial charge >= 0.3 is 0 Å². The minimum Gasteiger partial charge on any atom is -0.493 e. The second kappa shape index (κ2) is 8.19. The molecule has 4 rings (SSSR count). The van der Waals surface area contributed by atoms with E-state index in [2.05, 4.69) is 4.98 Å². The van der Waals surface area contributed by atoms with Crippen molar-refractivity contribution in [3.8, 4) is 11.5 Å². The van der Waals surface area contributed by atoms with Crippen LogP contribution in [-0.4, -0.2) is 42.3 Å². The summed E-state index contributed by atoms with van der Waals surface area (Å²) in [6, 6.07) is 9.65. The van der Waals surface area contributed by atoms with Gasteiger partial charge in [0.05, 0.1) is 30.2 Å². The predicted molar refractivity (Wildman–Crippen MR) is 114 cm³/mol. The van der Waals surface area contributed by atoms with Gasteiger partial charge in [-0.15, -0.1) is 11.3 Å². The number of methoxy groups -OCH3 is 2. The van der Waals surface area contributed by atoms with E-state index < -0.39 is 0 Å². The standard InChI is InChI=1S/C20H19ClN2O3S2/c1-25-16-7-12-5-6-23(10-13(12)8-17(16)26-2)19(24)11-27-20-22-15-9-14(21)3-4-18(15)28-20/h3-4,7-9H,5-6,10-11H2,1-2H3. The molecule has 0 spiro atoms. The molecule has 0 unspecified atom stereocenters. The maximum absolute atomic E-state index is 12.7. The fourth-order valence-electron chi connectivity index (χ4n) is 3.25. The maximum atomic E-state index is 12.7. The summed E-state index contributed by atoms with van der Waals surface area (Å²) in [5, 5.41) is 0.671. The molecule has 2 heterocycles. The van der Waals surface area contributed by atoms with Crippen LogP contribution in [0, 0.1) is 0 Å². The van der Waals surface area contributed by atoms with Crippen LogP contribution in [0.15, 0.2) is 34.7 Å². The number of rotatable bonds is 5. The summed E-state index contributed by atoms with van der Waals surface area (Å²) in [7, 11) is 3.26. The van der Waals surface area contributed by atoms with E-state index >= 15 is 0 Å². The molecule has 3 aromatic rings. The maximum Gasteiger partial charge on any atom is 0.233 e. The smallest absolute Gasteiger partial charge is 0.233 e. The summed E-state index contributed by atoms with van der Waals surface area (Å²) in [5.74, 6) is 1.91. The van der Waals surface area contributed by atoms with Crippen molar-refractivity contribution in [2.45, 2.75) is 17.3 Å². The highest BCUT2D eigenvalue weighted by molar-refractivity contribution is 8.01. The van der Waals surface area contributed by atoms with Gasteiger partial charge < -0.3 is 14.4 Å². The summed E-state index contributed by atoms with van der Waals surface area (Å²) in [6.45, 7) is 1.29. The lowest BCUT2D eigenvalue weighted by Crippen LogP contribution is -2.37. The molecule has 0 radical (unpaired) electrons. The lowest BCUT2D eigenvalue weighted by atomic mass is 9.99. The number of aromatic nitrogens is 1. The number of carbonyl (C=O) groups is 1. The van der Waals surface area contributed by atoms with Crippen molar-refractivity contribution in [3.63, 3.8) is 0 Å². The van der Waals surface area contributed by atoms with E-state index in [0.29, 0.717) is 29.6 Å². The van der Waals surface area contributed by atoms with Crippen LogP contribution >= 0.6 is 34.7 Å². The van der Waals surface area contributed by atoms with Gasteiger partial charge in [0, 0.05) is 18.1 Å². The van der Waals surface area contributed by atoms with Crippen molar-refractivity contribution >= 4 is 50.8 Å². The van der Waals surface area contributed by atoms with Crippen LogP contribution in [-0.2, 0) is 17.8 Å². The Bertz CT molecular complexity index is 1040. The van der Waals surface area contributed by atoms with E-state index in [1.165, 1.54) is 17.3 Å². The Morgan fingerprint density at radius 2 is 1.96 bits per heavy atom. The topological polar surface area (TPSA) is 51.7 Å². The van der Waals surface area contributed by atoms with Crippen LogP contribution in [0.3, 0.4) is 0 Å². The molecule has 0 fully saturated rings. The Morgan fingerprint density at radius 3 is 2.71 bits per heavy atom. The number of nitrogens with zero attached hydrogens (tertiary/aromatic N) is 2. The third-order valence-electron chi connectivity index (χ3n) is 4.72. The number of halogens is 1. The molecule has 1 aliphatic heterocycles. The quantitative estimate of drug-likeness (QED) is 0.547. The predicted octanol–water partition coefficient (Wildman–Crippen LogP) is 4.64. The Hall–Kier alpha value is -1.96. The van der Waals surface area contributed by atoms with E-state index in [1.54, 1.807) is 25.6 Å². The average Bonchev–Trinajstić information content (AvgIpc) is 3.12. The van der Waals surface area contributed by atoms with Gasteiger partial charge in [0.25, 0.3) is 0 Å². The first-order valence-corrected chi connectivity index (χ1v) is 11.0. The fourth-order valence-corrected chi connectivity index (χ4v) is 5.37. The first kappa shape index (κ1) is 19.4. The van der Waals surface area contributed by atoms with Crippen molar-refractivity contribution in [2.75, 3.05) is 26.5 Å². The number of benzene rings is 2. The summed E-state index contributed by atoms with van der Waals surface area (Å²) in [4.78, 5) is 19.2. The van der Waals surface area contributed by atoms with Crippen LogP contribution < -0.4 is 9.47 Å². The van der Waals surface area contributed by atoms with E-state index in [1.807, 2.05) is 35.2 Å². The van der Waals surface area contributed by atoms with Gasteiger partial charge in [-0.1, -0.05) is 23.4 Å². The minimum absolute atomic E-state index is 0.114. The molecule has 2 aromatic carbocycles. The molecule has 0 N–H and O–H groups in total. The number of thioether (sulfide) groups is 1. The molecule has 0 aliphatic carbocycles. The van der Waals surface area contributed by atoms with Crippen LogP contribution in [0.1, 0.15) is 11.1 Å². The Labute approximate surface area is 176 Å². The van der Waals surface area contributed by atoms with Crippen LogP contribution in [0.25, 0.3) is 10.2 Å². The van der Waals surface area contributed by atoms with Gasteiger partial charge in [-0.3, -0.25) is 4.79 Å². The number of ether oxygens (including phenoxy) is 2. The van der Waals surface area contributed by atoms with Crippen molar-refractivity contribution < 1.29 is 14.3 Å². The van der Waals surface area contributed by atoms with Gasteiger partial charge in [0.1, 0.15) is 0 Å². The van der Waals surface area contributed by atoms with E-state index in [9.17, 15) is 4.79 Å². The second-order valence-electron chi connectivity index (χ2n) is 6.42. The van der Waals surface area contributed by atoms with Gasteiger partial charge in [0.15, 0.2) is 15.8 Å². The van der Waals surface area contributed by atoms with E-state index in [-0.39, 0.29) is 5.91 Å². The molecule has 0 saturated heterocycles. The Balaban J connectivity index is 1.43. The molecule has 28 heavy (non-hydrogen) atoms. The molecule has 0 saturated carbocycles. The number of fused-ring (bicyclic) bond motifs is 2. The summed E-state index contributed by atoms with van der Waals surface area (Å²) >= 11 is 9.08. The Kier molecular flexibility index (Phi) is 5.66. The molecule has 0 atom stereocenters. The number of carbonyl (C=O) groups excluding carboxylic acids is 1. The zero-order valence-corrected chi connectivity index (χ0v) is 17.9. The van der Waals surface area contributed by atoms with Gasteiger partial charge in [-0.25, -0.2) is 4.98 Å². The number of hydrogen-bond acceptors (Lipinski definition) is 6. The zero-order chi connectivity index (χ0) is 19.7. The number of amides is 1. The number of thiazole rings is 1. The first-order valence-electron chi connectivity index (χ1n) is 8.78. The molecule has 1 aliphatic rings. The van der Waals surface area contributed by atoms with Crippen molar-refractivity contribution in [1.82, 2.24) is 9.88 Å². The van der Waals surface area contributed by atoms with Crippen LogP contribution in [0.4, 0.5) is 0 Å². The van der Waals surface area contributed by atoms with E-state index in [0.717, 1.165) is 32.3 Å². The van der Waals surface area contributed by atoms with Gasteiger partial charge in [-0.2, -0.15) is 0 Å². The monoisotopic (exact) mass is 434 g/mol. The third-order valence-corrected chi connectivity index (χ3v) is 7.12. The normalized spacial score (nSPS) is 13.5. The highest BCUT2D eigenvalue weighted by Gasteiger charge is 2.23. The average molecular weight is 435 g/mol. The Morgan fingerprint density at radius 1 is 1.21 bits per heavy atom. The van der Waals surface area contributed by atoms with Gasteiger partial charge in [-0.05, 0) is 47.9 Å². The largest absolute Gasteiger partial charge is 0.493 e. The molecular formula is C20H19ClN2O3S2. The van der Waals surface area contributed by atoms with Crippen LogP contribution in [0.5, 0.6) is 11.5 Å². The molecule has 146 valence electrons. The summed E-state index contributed by atoms with van der Waals surface area (Å²) in [5.41, 5.74) is 3.19. The molecule has 1 amide bonds. The molecule has 5 nitrogen and oxygen atoms in total. The van der Waals surface area contributed by atoms with Crippen molar-refractivity contribution in [1.29, 1.82) is 0 Å². The van der Waals surface area contributed by atoms with Gasteiger partial charge in [0.2, 0.25) is 5.91 Å². The summed E-state index contributed by atoms with van der Waals surface area (Å²) in [6.07, 6.45) is 0.811. The fraction of sp³-hybridized carbons (Fsp3) is 0.300. The minimum atomic E-state index is 0.114.